The number of ether oxygens (including phenoxy) is 1. The summed E-state index contributed by atoms with van der Waals surface area (Å²) < 4.78 is 6.87. The first kappa shape index (κ1) is 14.3. The van der Waals surface area contributed by atoms with Crippen LogP contribution in [-0.2, 0) is 0 Å². The molecule has 1 atom stereocenters. The lowest BCUT2D eigenvalue weighted by atomic mass is 10.2. The minimum absolute atomic E-state index is 0.180. The molecule has 0 radical (unpaired) electrons. The molecule has 0 saturated carbocycles. The van der Waals surface area contributed by atoms with E-state index < -0.39 is 0 Å². The lowest BCUT2D eigenvalue weighted by Gasteiger charge is -2.16. The second-order valence-corrected chi connectivity index (χ2v) is 5.09. The molecule has 0 spiro atoms. The van der Waals surface area contributed by atoms with Gasteiger partial charge in [0, 0.05) is 0 Å². The topological polar surface area (TPSA) is 70.1 Å². The van der Waals surface area contributed by atoms with Crippen LogP contribution in [0.4, 0.5) is 0 Å². The number of rotatable bonds is 3. The molecule has 3 rings (SSSR count). The van der Waals surface area contributed by atoms with Gasteiger partial charge < -0.3 is 10.5 Å². The van der Waals surface area contributed by atoms with Crippen molar-refractivity contribution in [2.45, 2.75) is 13.0 Å². The Morgan fingerprint density at radius 1 is 1.14 bits per heavy atom. The fourth-order valence-electron chi connectivity index (χ4n) is 2.52. The van der Waals surface area contributed by atoms with Crippen LogP contribution in [0.3, 0.4) is 0 Å². The zero-order valence-electron chi connectivity index (χ0n) is 12.5. The van der Waals surface area contributed by atoms with Gasteiger partial charge in [-0.15, -0.1) is 0 Å². The van der Waals surface area contributed by atoms with E-state index in [1.54, 1.807) is 23.8 Å². The number of hydrogen-bond acceptors (Lipinski definition) is 4. The van der Waals surface area contributed by atoms with Crippen LogP contribution in [0.1, 0.15) is 18.8 Å². The van der Waals surface area contributed by atoms with Gasteiger partial charge in [0.15, 0.2) is 0 Å². The Hall–Kier alpha value is -2.66. The Kier molecular flexibility index (Phi) is 3.65. The molecule has 0 aliphatic heterocycles. The number of fused-ring (bicyclic) bond motifs is 1. The van der Waals surface area contributed by atoms with Crippen molar-refractivity contribution in [2.24, 2.45) is 5.73 Å². The first-order valence-corrected chi connectivity index (χ1v) is 7.04. The lowest BCUT2D eigenvalue weighted by molar-refractivity contribution is 0.419. The smallest absolute Gasteiger partial charge is 0.269 e. The predicted molar refractivity (Wildman–Crippen MR) is 86.5 cm³/mol. The Labute approximate surface area is 128 Å². The molecule has 0 amide bonds. The molecule has 5 heteroatoms. The molecule has 0 bridgehead atoms. The van der Waals surface area contributed by atoms with E-state index in [4.69, 9.17) is 10.5 Å². The van der Waals surface area contributed by atoms with E-state index in [2.05, 4.69) is 4.98 Å². The molecule has 1 heterocycles. The average Bonchev–Trinajstić information content (AvgIpc) is 2.54. The van der Waals surface area contributed by atoms with E-state index in [0.29, 0.717) is 22.5 Å². The maximum absolute atomic E-state index is 13.0. The quantitative estimate of drug-likeness (QED) is 0.805. The summed E-state index contributed by atoms with van der Waals surface area (Å²) >= 11 is 0. The van der Waals surface area contributed by atoms with Crippen LogP contribution >= 0.6 is 0 Å². The highest BCUT2D eigenvalue weighted by Crippen LogP contribution is 2.23. The van der Waals surface area contributed by atoms with Gasteiger partial charge in [-0.05, 0) is 31.2 Å². The van der Waals surface area contributed by atoms with Crippen molar-refractivity contribution >= 4 is 10.9 Å². The number of aromatic nitrogens is 2. The summed E-state index contributed by atoms with van der Waals surface area (Å²) in [6.07, 6.45) is 0. The first-order chi connectivity index (χ1) is 10.6. The molecule has 2 N–H and O–H groups in total. The third kappa shape index (κ3) is 2.25. The Balaban J connectivity index is 2.46. The van der Waals surface area contributed by atoms with Gasteiger partial charge in [0.2, 0.25) is 0 Å². The summed E-state index contributed by atoms with van der Waals surface area (Å²) in [4.78, 5) is 17.6. The van der Waals surface area contributed by atoms with Gasteiger partial charge in [-0.25, -0.2) is 4.98 Å². The molecule has 22 heavy (non-hydrogen) atoms. The van der Waals surface area contributed by atoms with Crippen molar-refractivity contribution in [3.63, 3.8) is 0 Å². The third-order valence-electron chi connectivity index (χ3n) is 3.53. The van der Waals surface area contributed by atoms with Crippen molar-refractivity contribution in [3.05, 3.63) is 64.7 Å². The Bertz CT molecular complexity index is 870. The zero-order valence-corrected chi connectivity index (χ0v) is 12.5. The molecule has 0 fully saturated rings. The van der Waals surface area contributed by atoms with Crippen LogP contribution in [0.25, 0.3) is 16.6 Å². The number of nitrogens with two attached hydrogens (primary N) is 1. The Morgan fingerprint density at radius 3 is 2.50 bits per heavy atom. The second-order valence-electron chi connectivity index (χ2n) is 5.09. The van der Waals surface area contributed by atoms with Gasteiger partial charge in [-0.1, -0.05) is 24.3 Å². The fraction of sp³-hybridized carbons (Fsp3) is 0.176. The molecule has 3 aromatic rings. The van der Waals surface area contributed by atoms with Crippen molar-refractivity contribution < 1.29 is 4.74 Å². The number of benzene rings is 2. The van der Waals surface area contributed by atoms with Crippen molar-refractivity contribution in [2.75, 3.05) is 7.11 Å². The number of nitrogens with zero attached hydrogens (tertiary/aromatic N) is 2. The normalized spacial score (nSPS) is 12.3. The van der Waals surface area contributed by atoms with Gasteiger partial charge in [-0.2, -0.15) is 0 Å². The average molecular weight is 295 g/mol. The molecule has 0 aliphatic carbocycles. The SMILES string of the molecule is COc1cccc2nc(C(C)N)n(-c3ccccc3)c(=O)c12. The van der Waals surface area contributed by atoms with Gasteiger partial charge in [0.05, 0.1) is 24.4 Å². The van der Waals surface area contributed by atoms with Crippen molar-refractivity contribution in [1.82, 2.24) is 9.55 Å². The number of methoxy groups -OCH3 is 1. The van der Waals surface area contributed by atoms with E-state index in [0.717, 1.165) is 5.69 Å². The van der Waals surface area contributed by atoms with Gasteiger partial charge in [0.25, 0.3) is 5.56 Å². The maximum Gasteiger partial charge on any atom is 0.269 e. The zero-order chi connectivity index (χ0) is 15.7. The minimum atomic E-state index is -0.372. The molecular weight excluding hydrogens is 278 g/mol. The van der Waals surface area contributed by atoms with Crippen molar-refractivity contribution in [1.29, 1.82) is 0 Å². The van der Waals surface area contributed by atoms with Gasteiger partial charge in [0.1, 0.15) is 17.0 Å². The molecule has 1 aromatic heterocycles. The van der Waals surface area contributed by atoms with E-state index in [9.17, 15) is 4.79 Å². The highest BCUT2D eigenvalue weighted by molar-refractivity contribution is 5.84. The van der Waals surface area contributed by atoms with Crippen LogP contribution in [0.5, 0.6) is 5.75 Å². The largest absolute Gasteiger partial charge is 0.496 e. The van der Waals surface area contributed by atoms with Crippen molar-refractivity contribution in [3.8, 4) is 11.4 Å². The number of para-hydroxylation sites is 1. The summed E-state index contributed by atoms with van der Waals surface area (Å²) in [5.74, 6) is 1.04. The first-order valence-electron chi connectivity index (χ1n) is 7.04. The van der Waals surface area contributed by atoms with Crippen LogP contribution in [0, 0.1) is 0 Å². The summed E-state index contributed by atoms with van der Waals surface area (Å²) in [5.41, 5.74) is 7.17. The van der Waals surface area contributed by atoms with E-state index in [1.807, 2.05) is 43.3 Å². The van der Waals surface area contributed by atoms with Crippen LogP contribution < -0.4 is 16.0 Å². The third-order valence-corrected chi connectivity index (χ3v) is 3.53. The van der Waals surface area contributed by atoms with Gasteiger partial charge in [-0.3, -0.25) is 9.36 Å². The molecule has 1 unspecified atom stereocenters. The van der Waals surface area contributed by atoms with E-state index >= 15 is 0 Å². The van der Waals surface area contributed by atoms with Crippen LogP contribution in [0.15, 0.2) is 53.3 Å². The maximum atomic E-state index is 13.0. The summed E-state index contributed by atoms with van der Waals surface area (Å²) in [6.45, 7) is 1.81. The van der Waals surface area contributed by atoms with Crippen LogP contribution in [-0.4, -0.2) is 16.7 Å². The Morgan fingerprint density at radius 2 is 1.86 bits per heavy atom. The molecule has 0 aliphatic rings. The predicted octanol–water partition coefficient (Wildman–Crippen LogP) is 2.41. The fourth-order valence-corrected chi connectivity index (χ4v) is 2.52. The molecule has 0 saturated heterocycles. The summed E-state index contributed by atoms with van der Waals surface area (Å²) in [7, 11) is 1.54. The molecule has 5 nitrogen and oxygen atoms in total. The lowest BCUT2D eigenvalue weighted by Crippen LogP contribution is -2.27. The standard InChI is InChI=1S/C17H17N3O2/c1-11(18)16-19-13-9-6-10-14(22-2)15(13)17(21)20(16)12-7-4-3-5-8-12/h3-11H,18H2,1-2H3. The molecular formula is C17H17N3O2. The minimum Gasteiger partial charge on any atom is -0.496 e. The monoisotopic (exact) mass is 295 g/mol. The number of hydrogen-bond donors (Lipinski definition) is 1. The highest BCUT2D eigenvalue weighted by atomic mass is 16.5. The van der Waals surface area contributed by atoms with Crippen LogP contribution in [0.2, 0.25) is 0 Å². The summed E-state index contributed by atoms with van der Waals surface area (Å²) in [5, 5.41) is 0.457. The van der Waals surface area contributed by atoms with E-state index in [-0.39, 0.29) is 11.6 Å². The van der Waals surface area contributed by atoms with E-state index in [1.165, 1.54) is 0 Å². The van der Waals surface area contributed by atoms with Gasteiger partial charge >= 0.3 is 0 Å². The highest BCUT2D eigenvalue weighted by Gasteiger charge is 2.17. The summed E-state index contributed by atoms with van der Waals surface area (Å²) in [6, 6.07) is 14.3. The molecule has 112 valence electrons. The second kappa shape index (κ2) is 5.61. The molecule has 2 aromatic carbocycles.